The highest BCUT2D eigenvalue weighted by atomic mass is 35.7. The molecule has 0 spiro atoms. The Labute approximate surface area is 136 Å². The maximum atomic E-state index is 8.49. The molecule has 0 heterocycles. The van der Waals surface area contributed by atoms with E-state index in [0.29, 0.717) is 0 Å². The van der Waals surface area contributed by atoms with E-state index in [0.717, 1.165) is 0 Å². The largest absolute Gasteiger partial charge is 0.222 e. The summed E-state index contributed by atoms with van der Waals surface area (Å²) in [6.07, 6.45) is 2.57. The van der Waals surface area contributed by atoms with Crippen molar-refractivity contribution in [2.45, 2.75) is 29.6 Å². The first-order valence-electron chi connectivity index (χ1n) is 6.84. The van der Waals surface area contributed by atoms with Crippen molar-refractivity contribution in [3.8, 4) is 0 Å². The Morgan fingerprint density at radius 1 is 0.773 bits per heavy atom. The Balaban J connectivity index is 0.000000422. The summed E-state index contributed by atoms with van der Waals surface area (Å²) in [4.78, 5) is 2.93. The molecule has 0 saturated carbocycles. The molecule has 0 radical (unpaired) electrons. The molecule has 0 aromatic heterocycles. The van der Waals surface area contributed by atoms with Crippen LogP contribution in [-0.4, -0.2) is 5.75 Å². The van der Waals surface area contributed by atoms with Crippen LogP contribution in [0.1, 0.15) is 19.8 Å². The lowest BCUT2D eigenvalue weighted by molar-refractivity contribution is -2.00. The minimum atomic E-state index is -4.94. The van der Waals surface area contributed by atoms with Crippen LogP contribution < -0.4 is 18.6 Å². The van der Waals surface area contributed by atoms with Crippen LogP contribution in [0.25, 0.3) is 0 Å². The summed E-state index contributed by atoms with van der Waals surface area (Å²) in [6, 6.07) is 21.8. The quantitative estimate of drug-likeness (QED) is 0.701. The summed E-state index contributed by atoms with van der Waals surface area (Å²) < 4.78 is 34.0. The van der Waals surface area contributed by atoms with Crippen molar-refractivity contribution in [1.29, 1.82) is 0 Å². The van der Waals surface area contributed by atoms with Gasteiger partial charge in [-0.25, -0.2) is 18.6 Å². The molecule has 0 N–H and O–H groups in total. The fourth-order valence-electron chi connectivity index (χ4n) is 1.83. The van der Waals surface area contributed by atoms with E-state index in [1.54, 1.807) is 0 Å². The van der Waals surface area contributed by atoms with Crippen LogP contribution in [0.15, 0.2) is 70.5 Å². The number of hydrogen-bond acceptors (Lipinski definition) is 4. The molecule has 120 valence electrons. The number of hydrogen-bond donors (Lipinski definition) is 0. The van der Waals surface area contributed by atoms with Crippen molar-refractivity contribution in [3.05, 3.63) is 60.7 Å². The van der Waals surface area contributed by atoms with Gasteiger partial charge in [-0.15, -0.1) is 10.2 Å². The normalized spacial score (nSPS) is 11.0. The van der Waals surface area contributed by atoms with Crippen molar-refractivity contribution < 1.29 is 28.9 Å². The number of rotatable bonds is 5. The van der Waals surface area contributed by atoms with Gasteiger partial charge < -0.3 is 0 Å². The lowest BCUT2D eigenvalue weighted by Gasteiger charge is -2.17. The highest BCUT2D eigenvalue weighted by Crippen LogP contribution is 2.24. The summed E-state index contributed by atoms with van der Waals surface area (Å²) in [6.45, 7) is 2.26. The zero-order valence-corrected chi connectivity index (χ0v) is 13.9. The summed E-state index contributed by atoms with van der Waals surface area (Å²) in [7, 11) is -4.70. The molecule has 6 heteroatoms. The van der Waals surface area contributed by atoms with Gasteiger partial charge in [0.2, 0.25) is 0 Å². The first-order chi connectivity index (χ1) is 10.4. The Kier molecular flexibility index (Phi) is 8.48. The molecular formula is C16H19ClO4S. The summed E-state index contributed by atoms with van der Waals surface area (Å²) in [5.41, 5.74) is 0. The fraction of sp³-hybridized carbons (Fsp3) is 0.250. The van der Waals surface area contributed by atoms with Gasteiger partial charge in [0, 0.05) is 0 Å². The molecule has 0 aliphatic heterocycles. The molecule has 0 amide bonds. The molecule has 22 heavy (non-hydrogen) atoms. The number of benzene rings is 2. The van der Waals surface area contributed by atoms with Gasteiger partial charge in [-0.1, -0.05) is 49.7 Å². The van der Waals surface area contributed by atoms with Gasteiger partial charge in [-0.05, 0) is 30.7 Å². The van der Waals surface area contributed by atoms with E-state index in [2.05, 4.69) is 67.6 Å². The van der Waals surface area contributed by atoms with E-state index >= 15 is 0 Å². The second-order valence-corrected chi connectivity index (χ2v) is 7.34. The zero-order chi connectivity index (χ0) is 16.4. The molecule has 0 aliphatic rings. The third-order valence-corrected chi connectivity index (χ3v) is 5.14. The fourth-order valence-corrected chi connectivity index (χ4v) is 4.12. The first kappa shape index (κ1) is 19.0. The van der Waals surface area contributed by atoms with E-state index in [1.165, 1.54) is 28.4 Å². The van der Waals surface area contributed by atoms with Crippen molar-refractivity contribution in [3.63, 3.8) is 0 Å². The molecule has 2 rings (SSSR count). The Morgan fingerprint density at radius 3 is 1.45 bits per heavy atom. The zero-order valence-electron chi connectivity index (χ0n) is 12.3. The lowest BCUT2D eigenvalue weighted by Crippen LogP contribution is -2.68. The third-order valence-electron chi connectivity index (χ3n) is 2.76. The van der Waals surface area contributed by atoms with Crippen LogP contribution in [-0.2, 0) is 10.9 Å². The first-order valence-corrected chi connectivity index (χ1v) is 9.47. The van der Waals surface area contributed by atoms with E-state index in [1.807, 2.05) is 0 Å². The summed E-state index contributed by atoms with van der Waals surface area (Å²) >= 11 is 0. The molecule has 2 aromatic carbocycles. The van der Waals surface area contributed by atoms with Crippen LogP contribution >= 0.6 is 0 Å². The van der Waals surface area contributed by atoms with E-state index in [9.17, 15) is 0 Å². The number of unbranched alkanes of at least 4 members (excludes halogenated alkanes) is 1. The Morgan fingerprint density at radius 2 is 1.14 bits per heavy atom. The van der Waals surface area contributed by atoms with Gasteiger partial charge in [-0.2, -0.15) is 0 Å². The molecule has 2 aromatic rings. The van der Waals surface area contributed by atoms with E-state index in [4.69, 9.17) is 18.6 Å². The van der Waals surface area contributed by atoms with Gasteiger partial charge in [0.15, 0.2) is 9.79 Å². The second kappa shape index (κ2) is 9.84. The van der Waals surface area contributed by atoms with Crippen molar-refractivity contribution in [2.75, 3.05) is 5.75 Å². The van der Waals surface area contributed by atoms with Crippen molar-refractivity contribution in [2.24, 2.45) is 0 Å². The van der Waals surface area contributed by atoms with Crippen LogP contribution in [0.4, 0.5) is 0 Å². The van der Waals surface area contributed by atoms with Crippen LogP contribution in [0, 0.1) is 10.2 Å². The van der Waals surface area contributed by atoms with Crippen LogP contribution in [0.5, 0.6) is 0 Å². The monoisotopic (exact) mass is 342 g/mol. The highest BCUT2D eigenvalue weighted by molar-refractivity contribution is 7.97. The Bertz CT molecular complexity index is 471. The topological polar surface area (TPSA) is 92.2 Å². The molecule has 0 bridgehead atoms. The van der Waals surface area contributed by atoms with E-state index in [-0.39, 0.29) is 10.9 Å². The molecular weight excluding hydrogens is 324 g/mol. The maximum absolute atomic E-state index is 8.49. The van der Waals surface area contributed by atoms with E-state index < -0.39 is 10.2 Å². The Hall–Kier alpha value is -1.08. The van der Waals surface area contributed by atoms with Gasteiger partial charge in [-0.3, -0.25) is 0 Å². The predicted octanol–water partition coefficient (Wildman–Crippen LogP) is -0.233. The molecule has 0 saturated heterocycles. The SMILES string of the molecule is CCCC[S+](c1ccccc1)c1ccccc1.[O-][Cl+3]([O-])([O-])[O-]. The predicted molar refractivity (Wildman–Crippen MR) is 76.6 cm³/mol. The van der Waals surface area contributed by atoms with Crippen molar-refractivity contribution in [1.82, 2.24) is 0 Å². The average Bonchev–Trinajstić information content (AvgIpc) is 2.48. The third kappa shape index (κ3) is 8.38. The second-order valence-electron chi connectivity index (χ2n) is 4.45. The summed E-state index contributed by atoms with van der Waals surface area (Å²) in [5.74, 6) is 1.27. The van der Waals surface area contributed by atoms with Gasteiger partial charge in [0.1, 0.15) is 5.75 Å². The minimum absolute atomic E-state index is 0.249. The van der Waals surface area contributed by atoms with Crippen LogP contribution in [0.2, 0.25) is 0 Å². The highest BCUT2D eigenvalue weighted by Gasteiger charge is 2.23. The molecule has 0 atom stereocenters. The summed E-state index contributed by atoms with van der Waals surface area (Å²) in [5, 5.41) is 0. The molecule has 4 nitrogen and oxygen atoms in total. The molecule has 0 fully saturated rings. The standard InChI is InChI=1S/C16H19S.ClHO4/c1-2-3-14-17(15-10-6-4-7-11-15)16-12-8-5-9-13-16;2-1(3,4)5/h4-13H,2-3,14H2,1H3;(H,2,3,4,5)/q+1;/p-1. The van der Waals surface area contributed by atoms with Gasteiger partial charge in [0.25, 0.3) is 0 Å². The smallest absolute Gasteiger partial charge is 0.160 e. The minimum Gasteiger partial charge on any atom is -0.222 e. The maximum Gasteiger partial charge on any atom is 0.160 e. The van der Waals surface area contributed by atoms with Crippen LogP contribution in [0.3, 0.4) is 0 Å². The number of halogens is 1. The van der Waals surface area contributed by atoms with Gasteiger partial charge in [0.05, 0.1) is 10.9 Å². The lowest BCUT2D eigenvalue weighted by atomic mass is 10.4. The van der Waals surface area contributed by atoms with Crippen molar-refractivity contribution >= 4 is 10.9 Å². The molecule has 0 aliphatic carbocycles. The molecule has 0 unspecified atom stereocenters. The average molecular weight is 343 g/mol. The van der Waals surface area contributed by atoms with Gasteiger partial charge >= 0.3 is 0 Å².